The van der Waals surface area contributed by atoms with Crippen LogP contribution in [0.1, 0.15) is 0 Å². The minimum atomic E-state index is -2.94. The molecule has 2 aliphatic rings. The molecule has 2 aromatic rings. The predicted octanol–water partition coefficient (Wildman–Crippen LogP) is 1.61. The van der Waals surface area contributed by atoms with Crippen molar-refractivity contribution in [1.82, 2.24) is 10.2 Å². The number of isocyanates is 1. The number of anilines is 1. The monoisotopic (exact) mass is 508 g/mol. The van der Waals surface area contributed by atoms with Crippen LogP contribution >= 0.6 is 0 Å². The van der Waals surface area contributed by atoms with Crippen molar-refractivity contribution in [1.29, 1.82) is 0 Å². The Morgan fingerprint density at radius 2 is 1.32 bits per heavy atom. The summed E-state index contributed by atoms with van der Waals surface area (Å²) in [5, 5.41) is 5.69. The molecule has 12 heteroatoms. The van der Waals surface area contributed by atoms with Crippen molar-refractivity contribution in [3.05, 3.63) is 60.7 Å². The van der Waals surface area contributed by atoms with E-state index in [1.807, 2.05) is 36.4 Å². The summed E-state index contributed by atoms with van der Waals surface area (Å²) >= 11 is 0. The van der Waals surface area contributed by atoms with Gasteiger partial charge in [0.25, 0.3) is 0 Å². The lowest BCUT2D eigenvalue weighted by molar-refractivity contribution is 0.216. The fraction of sp³-hybridized carbons (Fsp3) is 0.364. The van der Waals surface area contributed by atoms with Gasteiger partial charge in [-0.3, -0.25) is 0 Å². The number of sulfone groups is 2. The zero-order valence-corrected chi connectivity index (χ0v) is 20.2. The number of para-hydroxylation sites is 2. The van der Waals surface area contributed by atoms with Gasteiger partial charge in [-0.25, -0.2) is 26.4 Å². The van der Waals surface area contributed by atoms with Gasteiger partial charge >= 0.3 is 6.03 Å². The predicted molar refractivity (Wildman–Crippen MR) is 131 cm³/mol. The highest BCUT2D eigenvalue weighted by Gasteiger charge is 2.24. The number of nitrogens with one attached hydrogen (secondary N) is 2. The molecule has 2 fully saturated rings. The minimum Gasteiger partial charge on any atom is -0.322 e. The van der Waals surface area contributed by atoms with Crippen LogP contribution in [0.2, 0.25) is 0 Å². The van der Waals surface area contributed by atoms with Crippen LogP contribution in [-0.4, -0.2) is 83.0 Å². The zero-order chi connectivity index (χ0) is 24.9. The third-order valence-electron chi connectivity index (χ3n) is 4.77. The summed E-state index contributed by atoms with van der Waals surface area (Å²) < 4.78 is 43.7. The number of nitrogens with zero attached hydrogens (tertiary/aromatic N) is 2. The van der Waals surface area contributed by atoms with Gasteiger partial charge in [-0.2, -0.15) is 4.99 Å². The van der Waals surface area contributed by atoms with Crippen LogP contribution in [0.5, 0.6) is 0 Å². The van der Waals surface area contributed by atoms with Crippen LogP contribution in [0.25, 0.3) is 0 Å². The number of benzene rings is 2. The number of aliphatic imine (C=N–C) groups is 1. The van der Waals surface area contributed by atoms with E-state index in [-0.39, 0.29) is 30.6 Å². The molecule has 2 amide bonds. The highest BCUT2D eigenvalue weighted by Crippen LogP contribution is 2.09. The normalized spacial score (nSPS) is 17.9. The molecule has 2 saturated heterocycles. The molecule has 0 saturated carbocycles. The van der Waals surface area contributed by atoms with Crippen LogP contribution in [0, 0.1) is 0 Å². The average Bonchev–Trinajstić information content (AvgIpc) is 2.81. The molecular formula is C22H28N4O6S2. The van der Waals surface area contributed by atoms with Gasteiger partial charge in [0.1, 0.15) is 0 Å². The van der Waals surface area contributed by atoms with Crippen molar-refractivity contribution >= 4 is 43.2 Å². The first-order chi connectivity index (χ1) is 16.2. The van der Waals surface area contributed by atoms with E-state index < -0.39 is 19.7 Å². The smallest absolute Gasteiger partial charge is 0.321 e. The maximum Gasteiger partial charge on any atom is 0.321 e. The molecule has 0 atom stereocenters. The number of urea groups is 1. The van der Waals surface area contributed by atoms with E-state index in [4.69, 9.17) is 0 Å². The van der Waals surface area contributed by atoms with Crippen LogP contribution in [0.15, 0.2) is 65.7 Å². The lowest BCUT2D eigenvalue weighted by atomic mass is 10.3. The molecule has 0 aromatic heterocycles. The Hall–Kier alpha value is -3.05. The fourth-order valence-corrected chi connectivity index (χ4v) is 5.19. The molecule has 2 heterocycles. The summed E-state index contributed by atoms with van der Waals surface area (Å²) in [6.45, 7) is 1.78. The molecule has 0 unspecified atom stereocenters. The summed E-state index contributed by atoms with van der Waals surface area (Å²) in [5.41, 5.74) is 1.36. The third kappa shape index (κ3) is 10.7. The highest BCUT2D eigenvalue weighted by atomic mass is 32.2. The second-order valence-corrected chi connectivity index (χ2v) is 12.0. The maximum absolute atomic E-state index is 11.8. The highest BCUT2D eigenvalue weighted by molar-refractivity contribution is 7.91. The Morgan fingerprint density at radius 1 is 0.824 bits per heavy atom. The van der Waals surface area contributed by atoms with Gasteiger partial charge < -0.3 is 15.5 Å². The second kappa shape index (κ2) is 13.6. The van der Waals surface area contributed by atoms with Crippen LogP contribution in [0.3, 0.4) is 0 Å². The van der Waals surface area contributed by atoms with Crippen molar-refractivity contribution in [2.24, 2.45) is 4.99 Å². The molecule has 2 aromatic carbocycles. The quantitative estimate of drug-likeness (QED) is 0.463. The van der Waals surface area contributed by atoms with E-state index in [1.54, 1.807) is 24.3 Å². The Bertz CT molecular complexity index is 1140. The van der Waals surface area contributed by atoms with Crippen molar-refractivity contribution in [2.75, 3.05) is 54.5 Å². The van der Waals surface area contributed by atoms with E-state index in [0.29, 0.717) is 36.0 Å². The molecule has 2 N–H and O–H groups in total. The largest absolute Gasteiger partial charge is 0.322 e. The molecule has 34 heavy (non-hydrogen) atoms. The average molecular weight is 509 g/mol. The van der Waals surface area contributed by atoms with E-state index in [2.05, 4.69) is 15.6 Å². The number of carbonyl (C=O) groups excluding carboxylic acids is 2. The Labute approximate surface area is 199 Å². The van der Waals surface area contributed by atoms with Crippen molar-refractivity contribution in [3.63, 3.8) is 0 Å². The first-order valence-corrected chi connectivity index (χ1v) is 14.2. The van der Waals surface area contributed by atoms with Crippen LogP contribution in [-0.2, 0) is 24.5 Å². The van der Waals surface area contributed by atoms with Gasteiger partial charge in [0, 0.05) is 31.9 Å². The van der Waals surface area contributed by atoms with Gasteiger partial charge in [0.15, 0.2) is 19.7 Å². The molecule has 10 nitrogen and oxygen atoms in total. The summed E-state index contributed by atoms with van der Waals surface area (Å²) in [4.78, 5) is 26.4. The van der Waals surface area contributed by atoms with Crippen LogP contribution in [0.4, 0.5) is 16.2 Å². The summed E-state index contributed by atoms with van der Waals surface area (Å²) in [6.07, 6.45) is 1.46. The standard InChI is InChI=1S/C11H14N2O3S.C7H5NO.C4H9NO2S/c14-11(12-10-4-2-1-3-5-10)13-6-8-17(15,16)9-7-13;9-6-8-7-4-2-1-3-5-7;6-8(7)3-1-5-2-4-8/h1-5H,6-9H2,(H,12,14);1-5H;5H,1-4H2. The maximum atomic E-state index is 11.8. The zero-order valence-electron chi connectivity index (χ0n) is 18.6. The van der Waals surface area contributed by atoms with Crippen molar-refractivity contribution < 1.29 is 26.4 Å². The number of amides is 2. The number of hydrogen-bond acceptors (Lipinski definition) is 8. The van der Waals surface area contributed by atoms with Gasteiger partial charge in [-0.05, 0) is 24.3 Å². The second-order valence-electron chi connectivity index (χ2n) is 7.38. The fourth-order valence-electron chi connectivity index (χ4n) is 2.88. The summed E-state index contributed by atoms with van der Waals surface area (Å²) in [6, 6.07) is 17.8. The Morgan fingerprint density at radius 3 is 1.79 bits per heavy atom. The molecular weight excluding hydrogens is 480 g/mol. The van der Waals surface area contributed by atoms with Crippen molar-refractivity contribution in [2.45, 2.75) is 0 Å². The Kier molecular flexibility index (Phi) is 10.9. The van der Waals surface area contributed by atoms with Gasteiger partial charge in [0.05, 0.1) is 28.7 Å². The lowest BCUT2D eigenvalue weighted by Crippen LogP contribution is -2.45. The van der Waals surface area contributed by atoms with Crippen molar-refractivity contribution in [3.8, 4) is 0 Å². The van der Waals surface area contributed by atoms with Gasteiger partial charge in [-0.15, -0.1) is 0 Å². The number of carbonyl (C=O) groups is 1. The summed E-state index contributed by atoms with van der Waals surface area (Å²) in [7, 11) is -5.59. The molecule has 2 aliphatic heterocycles. The van der Waals surface area contributed by atoms with Crippen LogP contribution < -0.4 is 10.6 Å². The molecule has 4 rings (SSSR count). The van der Waals surface area contributed by atoms with E-state index >= 15 is 0 Å². The molecule has 0 aliphatic carbocycles. The van der Waals surface area contributed by atoms with E-state index in [0.717, 1.165) is 0 Å². The first-order valence-electron chi connectivity index (χ1n) is 10.6. The SMILES string of the molecule is O=C(Nc1ccccc1)N1CCS(=O)(=O)CC1.O=C=Nc1ccccc1.O=S1(=O)CCNCC1. The molecule has 0 bridgehead atoms. The number of rotatable bonds is 2. The van der Waals surface area contributed by atoms with E-state index in [1.165, 1.54) is 11.0 Å². The molecule has 0 radical (unpaired) electrons. The lowest BCUT2D eigenvalue weighted by Gasteiger charge is -2.26. The summed E-state index contributed by atoms with van der Waals surface area (Å²) in [5.74, 6) is 0.727. The third-order valence-corrected chi connectivity index (χ3v) is 8.03. The van der Waals surface area contributed by atoms with E-state index in [9.17, 15) is 26.4 Å². The number of hydrogen-bond donors (Lipinski definition) is 2. The molecule has 0 spiro atoms. The van der Waals surface area contributed by atoms with Gasteiger partial charge in [0.2, 0.25) is 6.08 Å². The topological polar surface area (TPSA) is 142 Å². The molecule has 184 valence electrons. The minimum absolute atomic E-state index is 0.0508. The Balaban J connectivity index is 0.000000201. The first kappa shape index (κ1) is 27.2. The van der Waals surface area contributed by atoms with Gasteiger partial charge in [-0.1, -0.05) is 36.4 Å².